The summed E-state index contributed by atoms with van der Waals surface area (Å²) < 4.78 is 42.1. The standard InChI is InChI=1S/C23H24F3NO2/c24-23(25,26)15-5-1-2-8-22(28)18-10-13-20(14-11-18)29-16-19-12-9-17-6-3-4-7-21(17)27-19/h3-4,6-7,9-14,22,28H,1-2,5,8,15-16H2. The molecule has 0 bridgehead atoms. The van der Waals surface area contributed by atoms with Gasteiger partial charge in [0.05, 0.1) is 17.3 Å². The number of rotatable bonds is 9. The molecule has 0 aliphatic rings. The van der Waals surface area contributed by atoms with Crippen LogP contribution < -0.4 is 4.74 Å². The highest BCUT2D eigenvalue weighted by atomic mass is 19.4. The van der Waals surface area contributed by atoms with Crippen molar-refractivity contribution in [2.45, 2.75) is 51.0 Å². The summed E-state index contributed by atoms with van der Waals surface area (Å²) in [5, 5.41) is 11.3. The number of unbranched alkanes of at least 4 members (excludes halogenated alkanes) is 2. The van der Waals surface area contributed by atoms with Gasteiger partial charge in [-0.25, -0.2) is 4.98 Å². The molecule has 1 N–H and O–H groups in total. The molecule has 6 heteroatoms. The zero-order valence-corrected chi connectivity index (χ0v) is 16.0. The van der Waals surface area contributed by atoms with Crippen LogP contribution in [0.2, 0.25) is 0 Å². The largest absolute Gasteiger partial charge is 0.487 e. The third-order valence-corrected chi connectivity index (χ3v) is 4.75. The lowest BCUT2D eigenvalue weighted by Gasteiger charge is -2.12. The minimum Gasteiger partial charge on any atom is -0.487 e. The Morgan fingerprint density at radius 2 is 1.66 bits per heavy atom. The van der Waals surface area contributed by atoms with Gasteiger partial charge in [0.1, 0.15) is 12.4 Å². The van der Waals surface area contributed by atoms with Gasteiger partial charge >= 0.3 is 6.18 Å². The monoisotopic (exact) mass is 403 g/mol. The molecule has 154 valence electrons. The van der Waals surface area contributed by atoms with Crippen molar-refractivity contribution in [3.8, 4) is 5.75 Å². The first kappa shape index (κ1) is 21.1. The normalized spacial score (nSPS) is 12.8. The summed E-state index contributed by atoms with van der Waals surface area (Å²) in [6.45, 7) is 0.339. The van der Waals surface area contributed by atoms with Crippen molar-refractivity contribution in [1.29, 1.82) is 0 Å². The number of ether oxygens (including phenoxy) is 1. The molecule has 1 atom stereocenters. The van der Waals surface area contributed by atoms with E-state index < -0.39 is 18.7 Å². The third-order valence-electron chi connectivity index (χ3n) is 4.75. The fourth-order valence-corrected chi connectivity index (χ4v) is 3.14. The summed E-state index contributed by atoms with van der Waals surface area (Å²) in [6, 6.07) is 18.9. The van der Waals surface area contributed by atoms with Gasteiger partial charge in [-0.3, -0.25) is 0 Å². The maximum atomic E-state index is 12.1. The van der Waals surface area contributed by atoms with Crippen LogP contribution in [0.15, 0.2) is 60.7 Å². The lowest BCUT2D eigenvalue weighted by atomic mass is 10.0. The first-order valence-corrected chi connectivity index (χ1v) is 9.73. The number of halogens is 3. The van der Waals surface area contributed by atoms with Crippen molar-refractivity contribution < 1.29 is 23.0 Å². The number of benzene rings is 2. The van der Waals surface area contributed by atoms with Crippen LogP contribution >= 0.6 is 0 Å². The van der Waals surface area contributed by atoms with Gasteiger partial charge in [-0.2, -0.15) is 13.2 Å². The topological polar surface area (TPSA) is 42.4 Å². The van der Waals surface area contributed by atoms with Crippen molar-refractivity contribution in [3.63, 3.8) is 0 Å². The summed E-state index contributed by atoms with van der Waals surface area (Å²) in [4.78, 5) is 4.56. The highest BCUT2D eigenvalue weighted by Crippen LogP contribution is 2.26. The van der Waals surface area contributed by atoms with Crippen LogP contribution in [-0.4, -0.2) is 16.3 Å². The van der Waals surface area contributed by atoms with E-state index in [1.165, 1.54) is 0 Å². The minimum atomic E-state index is -4.10. The van der Waals surface area contributed by atoms with Gasteiger partial charge in [0.2, 0.25) is 0 Å². The number of aromatic nitrogens is 1. The number of hydrogen-bond acceptors (Lipinski definition) is 3. The molecule has 29 heavy (non-hydrogen) atoms. The zero-order chi connectivity index (χ0) is 20.7. The maximum Gasteiger partial charge on any atom is 0.389 e. The first-order chi connectivity index (χ1) is 13.9. The molecule has 0 fully saturated rings. The molecule has 0 aliphatic carbocycles. The number of pyridine rings is 1. The number of nitrogens with zero attached hydrogens (tertiary/aromatic N) is 1. The van der Waals surface area contributed by atoms with E-state index >= 15 is 0 Å². The van der Waals surface area contributed by atoms with Crippen LogP contribution in [-0.2, 0) is 6.61 Å². The van der Waals surface area contributed by atoms with Crippen molar-refractivity contribution in [2.75, 3.05) is 0 Å². The molecule has 0 radical (unpaired) electrons. The van der Waals surface area contributed by atoms with E-state index in [0.717, 1.165) is 22.2 Å². The molecule has 0 aliphatic heterocycles. The molecule has 3 rings (SSSR count). The molecule has 1 aromatic heterocycles. The Labute approximate surface area is 168 Å². The van der Waals surface area contributed by atoms with E-state index in [1.807, 2.05) is 36.4 Å². The summed E-state index contributed by atoms with van der Waals surface area (Å²) in [5.74, 6) is 0.668. The molecule has 3 aromatic rings. The smallest absolute Gasteiger partial charge is 0.389 e. The summed E-state index contributed by atoms with van der Waals surface area (Å²) in [5.41, 5.74) is 2.48. The Kier molecular flexibility index (Phi) is 7.09. The van der Waals surface area contributed by atoms with Crippen molar-refractivity contribution in [1.82, 2.24) is 4.98 Å². The maximum absolute atomic E-state index is 12.1. The lowest BCUT2D eigenvalue weighted by molar-refractivity contribution is -0.135. The van der Waals surface area contributed by atoms with Crippen LogP contribution in [0.1, 0.15) is 49.5 Å². The van der Waals surface area contributed by atoms with Crippen LogP contribution in [0.4, 0.5) is 13.2 Å². The van der Waals surface area contributed by atoms with Gasteiger partial charge in [0, 0.05) is 11.8 Å². The average Bonchev–Trinajstić information content (AvgIpc) is 2.71. The summed E-state index contributed by atoms with van der Waals surface area (Å²) in [6.07, 6.45) is -3.99. The molecular weight excluding hydrogens is 379 g/mol. The number of fused-ring (bicyclic) bond motifs is 1. The van der Waals surface area contributed by atoms with Crippen LogP contribution in [0.25, 0.3) is 10.9 Å². The second-order valence-corrected chi connectivity index (χ2v) is 7.08. The Morgan fingerprint density at radius 1 is 0.897 bits per heavy atom. The number of hydrogen-bond donors (Lipinski definition) is 1. The molecule has 1 heterocycles. The Hall–Kier alpha value is -2.60. The van der Waals surface area contributed by atoms with Crippen molar-refractivity contribution in [2.24, 2.45) is 0 Å². The van der Waals surface area contributed by atoms with Gasteiger partial charge < -0.3 is 9.84 Å². The molecule has 1 unspecified atom stereocenters. The van der Waals surface area contributed by atoms with E-state index in [0.29, 0.717) is 31.6 Å². The average molecular weight is 403 g/mol. The van der Waals surface area contributed by atoms with Crippen molar-refractivity contribution >= 4 is 10.9 Å². The van der Waals surface area contributed by atoms with Gasteiger partial charge in [-0.1, -0.05) is 49.2 Å². The fraction of sp³-hybridized carbons (Fsp3) is 0.348. The van der Waals surface area contributed by atoms with Gasteiger partial charge in [0.25, 0.3) is 0 Å². The Bertz CT molecular complexity index is 910. The van der Waals surface area contributed by atoms with E-state index in [1.54, 1.807) is 24.3 Å². The second-order valence-electron chi connectivity index (χ2n) is 7.08. The van der Waals surface area contributed by atoms with E-state index in [-0.39, 0.29) is 6.42 Å². The van der Waals surface area contributed by atoms with Crippen LogP contribution in [0, 0.1) is 0 Å². The molecule has 0 saturated carbocycles. The molecule has 0 amide bonds. The van der Waals surface area contributed by atoms with E-state index in [9.17, 15) is 18.3 Å². The van der Waals surface area contributed by atoms with E-state index in [2.05, 4.69) is 4.98 Å². The zero-order valence-electron chi connectivity index (χ0n) is 16.0. The highest BCUT2D eigenvalue weighted by Gasteiger charge is 2.25. The number of para-hydroxylation sites is 1. The summed E-state index contributed by atoms with van der Waals surface area (Å²) in [7, 11) is 0. The fourth-order valence-electron chi connectivity index (χ4n) is 3.14. The lowest BCUT2D eigenvalue weighted by Crippen LogP contribution is -2.06. The Balaban J connectivity index is 1.45. The van der Waals surface area contributed by atoms with Crippen molar-refractivity contribution in [3.05, 3.63) is 71.9 Å². The quantitative estimate of drug-likeness (QED) is 0.423. The Morgan fingerprint density at radius 3 is 2.41 bits per heavy atom. The molecule has 2 aromatic carbocycles. The molecule has 0 spiro atoms. The molecule has 0 saturated heterocycles. The van der Waals surface area contributed by atoms with E-state index in [4.69, 9.17) is 4.74 Å². The van der Waals surface area contributed by atoms with Gasteiger partial charge in [-0.15, -0.1) is 0 Å². The summed E-state index contributed by atoms with van der Waals surface area (Å²) >= 11 is 0. The molecular formula is C23H24F3NO2. The van der Waals surface area contributed by atoms with Gasteiger partial charge in [0.15, 0.2) is 0 Å². The van der Waals surface area contributed by atoms with Crippen LogP contribution in [0.5, 0.6) is 5.75 Å². The molecule has 3 nitrogen and oxygen atoms in total. The predicted octanol–water partition coefficient (Wildman–Crippen LogP) is 6.36. The predicted molar refractivity (Wildman–Crippen MR) is 107 cm³/mol. The SMILES string of the molecule is OC(CCCCCC(F)(F)F)c1ccc(OCc2ccc3ccccc3n2)cc1. The highest BCUT2D eigenvalue weighted by molar-refractivity contribution is 5.78. The number of aliphatic hydroxyl groups is 1. The van der Waals surface area contributed by atoms with Gasteiger partial charge in [-0.05, 0) is 42.7 Å². The third kappa shape index (κ3) is 6.75. The second kappa shape index (κ2) is 9.74. The van der Waals surface area contributed by atoms with Crippen LogP contribution in [0.3, 0.4) is 0 Å². The first-order valence-electron chi connectivity index (χ1n) is 9.73. The number of alkyl halides is 3. The number of aliphatic hydroxyl groups excluding tert-OH is 1. The minimum absolute atomic E-state index is 0.103.